The lowest BCUT2D eigenvalue weighted by Gasteiger charge is -2.14. The Labute approximate surface area is 63.9 Å². The molecule has 2 heteroatoms. The summed E-state index contributed by atoms with van der Waals surface area (Å²) < 4.78 is 0.995. The number of hydrogen-bond donors (Lipinski definition) is 1. The maximum atomic E-state index is 9.12. The van der Waals surface area contributed by atoms with Crippen LogP contribution in [-0.4, -0.2) is 10.7 Å². The summed E-state index contributed by atoms with van der Waals surface area (Å²) in [5, 5.41) is 9.12. The summed E-state index contributed by atoms with van der Waals surface area (Å²) in [6.45, 7) is 7.22. The molecule has 0 saturated carbocycles. The molecule has 0 amide bonds. The molecular formula is C6H11IO. The van der Waals surface area contributed by atoms with Crippen LogP contribution in [0.25, 0.3) is 0 Å². The lowest BCUT2D eigenvalue weighted by Crippen LogP contribution is -2.17. The average molecular weight is 226 g/mol. The molecule has 1 N–H and O–H groups in total. The van der Waals surface area contributed by atoms with Gasteiger partial charge >= 0.3 is 0 Å². The maximum absolute atomic E-state index is 9.12. The summed E-state index contributed by atoms with van der Waals surface area (Å²) >= 11 is 2.11. The fourth-order valence-corrected chi connectivity index (χ4v) is 1.40. The van der Waals surface area contributed by atoms with E-state index >= 15 is 0 Å². The van der Waals surface area contributed by atoms with Gasteiger partial charge in [0.25, 0.3) is 0 Å². The van der Waals surface area contributed by atoms with E-state index in [1.165, 1.54) is 0 Å². The number of hydrogen-bond acceptors (Lipinski definition) is 1. The molecule has 0 unspecified atom stereocenters. The van der Waals surface area contributed by atoms with Gasteiger partial charge in [-0.15, -0.1) is 0 Å². The smallest absolute Gasteiger partial charge is 0.0636 e. The Hall–Kier alpha value is 0.430. The van der Waals surface area contributed by atoms with Crippen LogP contribution < -0.4 is 0 Å². The van der Waals surface area contributed by atoms with Gasteiger partial charge in [-0.3, -0.25) is 0 Å². The van der Waals surface area contributed by atoms with Crippen LogP contribution in [0, 0.1) is 0 Å². The van der Waals surface area contributed by atoms with Crippen molar-refractivity contribution in [2.75, 3.05) is 0 Å². The Bertz CT molecular complexity index is 91.2. The molecule has 0 aromatic rings. The van der Waals surface area contributed by atoms with Crippen LogP contribution >= 0.6 is 22.6 Å². The topological polar surface area (TPSA) is 20.2 Å². The van der Waals surface area contributed by atoms with Gasteiger partial charge in [-0.25, -0.2) is 0 Å². The molecule has 0 fully saturated rings. The highest BCUT2D eigenvalue weighted by atomic mass is 127. The van der Waals surface area contributed by atoms with Gasteiger partial charge in [0.15, 0.2) is 0 Å². The minimum atomic E-state index is -0.585. The molecule has 0 heterocycles. The van der Waals surface area contributed by atoms with Crippen LogP contribution in [0.3, 0.4) is 0 Å². The molecule has 0 saturated heterocycles. The Morgan fingerprint density at radius 1 is 1.75 bits per heavy atom. The zero-order valence-corrected chi connectivity index (χ0v) is 7.40. The van der Waals surface area contributed by atoms with E-state index in [1.807, 2.05) is 0 Å². The number of halogens is 1. The van der Waals surface area contributed by atoms with Gasteiger partial charge < -0.3 is 5.11 Å². The van der Waals surface area contributed by atoms with Crippen LogP contribution in [0.1, 0.15) is 20.3 Å². The minimum absolute atomic E-state index is 0.585. The van der Waals surface area contributed by atoms with Crippen molar-refractivity contribution in [2.24, 2.45) is 0 Å². The quantitative estimate of drug-likeness (QED) is 0.715. The first-order valence-electron chi connectivity index (χ1n) is 2.47. The van der Waals surface area contributed by atoms with E-state index in [2.05, 4.69) is 29.2 Å². The second kappa shape index (κ2) is 2.82. The number of aliphatic hydroxyl groups is 1. The minimum Gasteiger partial charge on any atom is -0.390 e. The predicted octanol–water partition coefficient (Wildman–Crippen LogP) is 2.10. The summed E-state index contributed by atoms with van der Waals surface area (Å²) in [5.74, 6) is 0. The SMILES string of the molecule is C=C(I)CC(C)(C)O. The second-order valence-corrected chi connectivity index (χ2v) is 4.03. The van der Waals surface area contributed by atoms with E-state index in [1.54, 1.807) is 13.8 Å². The Kier molecular flexibility index (Phi) is 2.98. The van der Waals surface area contributed by atoms with Crippen molar-refractivity contribution in [1.29, 1.82) is 0 Å². The third-order valence-electron chi connectivity index (χ3n) is 0.624. The Balaban J connectivity index is 3.55. The van der Waals surface area contributed by atoms with Gasteiger partial charge in [-0.05, 0) is 40.0 Å². The summed E-state index contributed by atoms with van der Waals surface area (Å²) in [4.78, 5) is 0. The monoisotopic (exact) mass is 226 g/mol. The zero-order valence-electron chi connectivity index (χ0n) is 5.24. The maximum Gasteiger partial charge on any atom is 0.0636 e. The molecule has 0 aromatic carbocycles. The van der Waals surface area contributed by atoms with E-state index in [9.17, 15) is 0 Å². The highest BCUT2D eigenvalue weighted by Crippen LogP contribution is 2.18. The van der Waals surface area contributed by atoms with Crippen LogP contribution in [0.4, 0.5) is 0 Å². The zero-order chi connectivity index (χ0) is 6.78. The van der Waals surface area contributed by atoms with E-state index in [0.717, 1.165) is 3.58 Å². The van der Waals surface area contributed by atoms with Gasteiger partial charge in [0.05, 0.1) is 5.60 Å². The van der Waals surface area contributed by atoms with Crippen LogP contribution in [0.15, 0.2) is 10.2 Å². The molecule has 48 valence electrons. The summed E-state index contributed by atoms with van der Waals surface area (Å²) in [6.07, 6.45) is 0.674. The molecule has 8 heavy (non-hydrogen) atoms. The van der Waals surface area contributed by atoms with Crippen molar-refractivity contribution in [1.82, 2.24) is 0 Å². The molecular weight excluding hydrogens is 215 g/mol. The summed E-state index contributed by atoms with van der Waals surface area (Å²) in [6, 6.07) is 0. The van der Waals surface area contributed by atoms with Crippen molar-refractivity contribution >= 4 is 22.6 Å². The Morgan fingerprint density at radius 2 is 2.12 bits per heavy atom. The van der Waals surface area contributed by atoms with Crippen molar-refractivity contribution in [3.8, 4) is 0 Å². The molecule has 0 aliphatic heterocycles. The van der Waals surface area contributed by atoms with Gasteiger partial charge in [-0.1, -0.05) is 6.58 Å². The fourth-order valence-electron chi connectivity index (χ4n) is 0.469. The second-order valence-electron chi connectivity index (χ2n) is 2.51. The Morgan fingerprint density at radius 3 is 2.12 bits per heavy atom. The van der Waals surface area contributed by atoms with E-state index in [0.29, 0.717) is 6.42 Å². The van der Waals surface area contributed by atoms with Gasteiger partial charge in [-0.2, -0.15) is 0 Å². The summed E-state index contributed by atoms with van der Waals surface area (Å²) in [5.41, 5.74) is -0.585. The lowest BCUT2D eigenvalue weighted by atomic mass is 10.1. The normalized spacial score (nSPS) is 11.5. The molecule has 1 nitrogen and oxygen atoms in total. The van der Waals surface area contributed by atoms with Crippen molar-refractivity contribution < 1.29 is 5.11 Å². The molecule has 0 spiro atoms. The average Bonchev–Trinajstić information content (AvgIpc) is 1.21. The fraction of sp³-hybridized carbons (Fsp3) is 0.667. The van der Waals surface area contributed by atoms with E-state index in [-0.39, 0.29) is 0 Å². The van der Waals surface area contributed by atoms with Crippen molar-refractivity contribution in [3.63, 3.8) is 0 Å². The first-order chi connectivity index (χ1) is 3.42. The molecule has 0 aromatic heterocycles. The van der Waals surface area contributed by atoms with Crippen molar-refractivity contribution in [2.45, 2.75) is 25.9 Å². The van der Waals surface area contributed by atoms with E-state index in [4.69, 9.17) is 5.11 Å². The van der Waals surface area contributed by atoms with E-state index < -0.39 is 5.60 Å². The summed E-state index contributed by atoms with van der Waals surface area (Å²) in [7, 11) is 0. The molecule has 0 radical (unpaired) electrons. The molecule has 0 rings (SSSR count). The molecule has 0 aliphatic rings. The van der Waals surface area contributed by atoms with Crippen LogP contribution in [-0.2, 0) is 0 Å². The lowest BCUT2D eigenvalue weighted by molar-refractivity contribution is 0.0835. The van der Waals surface area contributed by atoms with Gasteiger partial charge in [0.1, 0.15) is 0 Å². The predicted molar refractivity (Wildman–Crippen MR) is 44.1 cm³/mol. The highest BCUT2D eigenvalue weighted by molar-refractivity contribution is 14.1. The standard InChI is InChI=1S/C6H11IO/c1-5(7)4-6(2,3)8/h8H,1,4H2,2-3H3. The first kappa shape index (κ1) is 8.43. The third kappa shape index (κ3) is 6.43. The molecule has 0 bridgehead atoms. The third-order valence-corrected chi connectivity index (χ3v) is 1.01. The van der Waals surface area contributed by atoms with Gasteiger partial charge in [0.2, 0.25) is 0 Å². The first-order valence-corrected chi connectivity index (χ1v) is 3.55. The number of rotatable bonds is 2. The highest BCUT2D eigenvalue weighted by Gasteiger charge is 2.11. The van der Waals surface area contributed by atoms with Crippen molar-refractivity contribution in [3.05, 3.63) is 10.2 Å². The molecule has 0 atom stereocenters. The van der Waals surface area contributed by atoms with Gasteiger partial charge in [0, 0.05) is 6.42 Å². The van der Waals surface area contributed by atoms with Crippen LogP contribution in [0.2, 0.25) is 0 Å². The largest absolute Gasteiger partial charge is 0.390 e. The van der Waals surface area contributed by atoms with Crippen LogP contribution in [0.5, 0.6) is 0 Å². The molecule has 0 aliphatic carbocycles.